The summed E-state index contributed by atoms with van der Waals surface area (Å²) in [5.74, 6) is -2.82. The zero-order valence-corrected chi connectivity index (χ0v) is 17.7. The lowest BCUT2D eigenvalue weighted by Gasteiger charge is -2.11. The summed E-state index contributed by atoms with van der Waals surface area (Å²) >= 11 is 0. The van der Waals surface area contributed by atoms with E-state index in [-0.39, 0.29) is 18.7 Å². The van der Waals surface area contributed by atoms with Crippen LogP contribution in [-0.4, -0.2) is 48.4 Å². The maximum absolute atomic E-state index is 12.9. The highest BCUT2D eigenvalue weighted by atomic mass is 32.2. The molecule has 0 aliphatic carbocycles. The highest BCUT2D eigenvalue weighted by Crippen LogP contribution is 2.22. The SMILES string of the molecule is Cc1ccc(Nc2ccc(NCCNC(=O)c3ccccc3S(=O)(=O)C(F)F)nn2)nc1. The Labute approximate surface area is 183 Å². The van der Waals surface area contributed by atoms with Crippen molar-refractivity contribution < 1.29 is 22.0 Å². The van der Waals surface area contributed by atoms with Crippen LogP contribution in [0.25, 0.3) is 0 Å². The second kappa shape index (κ2) is 10.1. The molecule has 3 rings (SSSR count). The molecule has 1 amide bonds. The largest absolute Gasteiger partial charge is 0.367 e. The predicted octanol–water partition coefficient (Wildman–Crippen LogP) is 2.76. The number of carbonyl (C=O) groups excluding carboxylic acids is 1. The normalized spacial score (nSPS) is 11.2. The van der Waals surface area contributed by atoms with Gasteiger partial charge in [-0.1, -0.05) is 18.2 Å². The number of nitrogens with zero attached hydrogens (tertiary/aromatic N) is 3. The van der Waals surface area contributed by atoms with Crippen LogP contribution in [0.3, 0.4) is 0 Å². The van der Waals surface area contributed by atoms with Gasteiger partial charge in [0, 0.05) is 19.3 Å². The number of sulfone groups is 1. The number of anilines is 3. The quantitative estimate of drug-likeness (QED) is 0.415. The number of aryl methyl sites for hydroxylation is 1. The molecule has 2 heterocycles. The summed E-state index contributed by atoms with van der Waals surface area (Å²) in [6, 6.07) is 11.9. The second-order valence-corrected chi connectivity index (χ2v) is 8.52. The van der Waals surface area contributed by atoms with E-state index in [0.717, 1.165) is 11.6 Å². The standard InChI is InChI=1S/C20H20F2N6O3S/c1-13-6-7-16(25-12-13)26-18-9-8-17(27-28-18)23-10-11-24-19(29)14-4-2-3-5-15(14)32(30,31)20(21)22/h2-9,12,20H,10-11H2,1H3,(H,23,27)(H,24,29)(H,25,26,28). The molecule has 3 aromatic rings. The van der Waals surface area contributed by atoms with Crippen molar-refractivity contribution in [1.82, 2.24) is 20.5 Å². The molecular weight excluding hydrogens is 442 g/mol. The average molecular weight is 462 g/mol. The zero-order chi connectivity index (χ0) is 23.1. The Balaban J connectivity index is 1.51. The van der Waals surface area contributed by atoms with Crippen molar-refractivity contribution in [1.29, 1.82) is 0 Å². The molecule has 0 spiro atoms. The number of carbonyl (C=O) groups is 1. The van der Waals surface area contributed by atoms with Crippen molar-refractivity contribution in [2.24, 2.45) is 0 Å². The van der Waals surface area contributed by atoms with Gasteiger partial charge in [-0.05, 0) is 42.8 Å². The fourth-order valence-electron chi connectivity index (χ4n) is 2.63. The van der Waals surface area contributed by atoms with Crippen molar-refractivity contribution in [3.8, 4) is 0 Å². The first-order valence-electron chi connectivity index (χ1n) is 9.44. The molecule has 9 nitrogen and oxygen atoms in total. The first-order chi connectivity index (χ1) is 15.3. The summed E-state index contributed by atoms with van der Waals surface area (Å²) in [5.41, 5.74) is 0.695. The smallest absolute Gasteiger partial charge is 0.341 e. The Morgan fingerprint density at radius 2 is 1.66 bits per heavy atom. The Morgan fingerprint density at radius 1 is 0.969 bits per heavy atom. The molecular formula is C20H20F2N6O3S. The van der Waals surface area contributed by atoms with E-state index in [2.05, 4.69) is 31.1 Å². The maximum atomic E-state index is 12.9. The van der Waals surface area contributed by atoms with Gasteiger partial charge in [-0.15, -0.1) is 10.2 Å². The van der Waals surface area contributed by atoms with E-state index in [1.165, 1.54) is 18.2 Å². The average Bonchev–Trinajstić information content (AvgIpc) is 2.79. The van der Waals surface area contributed by atoms with Crippen molar-refractivity contribution >= 4 is 33.2 Å². The summed E-state index contributed by atoms with van der Waals surface area (Å²) in [4.78, 5) is 15.8. The molecule has 0 aliphatic rings. The number of benzene rings is 1. The van der Waals surface area contributed by atoms with E-state index < -0.39 is 26.4 Å². The molecule has 0 atom stereocenters. The number of halogens is 2. The lowest BCUT2D eigenvalue weighted by atomic mass is 10.2. The van der Waals surface area contributed by atoms with Gasteiger partial charge in [0.25, 0.3) is 5.91 Å². The minimum Gasteiger partial charge on any atom is -0.367 e. The highest BCUT2D eigenvalue weighted by molar-refractivity contribution is 7.91. The van der Waals surface area contributed by atoms with Crippen LogP contribution in [0.4, 0.5) is 26.2 Å². The molecule has 0 bridgehead atoms. The van der Waals surface area contributed by atoms with E-state index in [1.807, 2.05) is 19.1 Å². The van der Waals surface area contributed by atoms with Gasteiger partial charge in [0.05, 0.1) is 10.5 Å². The first kappa shape index (κ1) is 23.0. The van der Waals surface area contributed by atoms with Gasteiger partial charge in [-0.25, -0.2) is 13.4 Å². The van der Waals surface area contributed by atoms with Gasteiger partial charge < -0.3 is 16.0 Å². The number of amides is 1. The second-order valence-electron chi connectivity index (χ2n) is 6.63. The molecule has 3 N–H and O–H groups in total. The predicted molar refractivity (Wildman–Crippen MR) is 115 cm³/mol. The van der Waals surface area contributed by atoms with Crippen LogP contribution in [0, 0.1) is 6.92 Å². The summed E-state index contributed by atoms with van der Waals surface area (Å²) in [6.45, 7) is 2.27. The number of hydrogen-bond acceptors (Lipinski definition) is 8. The summed E-state index contributed by atoms with van der Waals surface area (Å²) < 4.78 is 49.2. The number of aromatic nitrogens is 3. The molecule has 0 fully saturated rings. The molecule has 0 saturated carbocycles. The van der Waals surface area contributed by atoms with Gasteiger partial charge in [-0.3, -0.25) is 4.79 Å². The first-order valence-corrected chi connectivity index (χ1v) is 11.0. The van der Waals surface area contributed by atoms with E-state index in [0.29, 0.717) is 17.5 Å². The molecule has 0 radical (unpaired) electrons. The van der Waals surface area contributed by atoms with Crippen LogP contribution in [-0.2, 0) is 9.84 Å². The lowest BCUT2D eigenvalue weighted by Crippen LogP contribution is -2.30. The lowest BCUT2D eigenvalue weighted by molar-refractivity contribution is 0.0951. The van der Waals surface area contributed by atoms with Gasteiger partial charge in [0.2, 0.25) is 9.84 Å². The number of hydrogen-bond donors (Lipinski definition) is 3. The monoisotopic (exact) mass is 462 g/mol. The maximum Gasteiger partial charge on any atom is 0.341 e. The third kappa shape index (κ3) is 5.72. The molecule has 0 aliphatic heterocycles. The molecule has 12 heteroatoms. The van der Waals surface area contributed by atoms with Crippen molar-refractivity contribution in [3.05, 3.63) is 65.9 Å². The van der Waals surface area contributed by atoms with E-state index in [1.54, 1.807) is 18.3 Å². The fraction of sp³-hybridized carbons (Fsp3) is 0.200. The van der Waals surface area contributed by atoms with Crippen molar-refractivity contribution in [2.75, 3.05) is 23.7 Å². The Kier molecular flexibility index (Phi) is 7.25. The number of rotatable bonds is 9. The molecule has 32 heavy (non-hydrogen) atoms. The number of alkyl halides is 2. The number of nitrogens with one attached hydrogen (secondary N) is 3. The van der Waals surface area contributed by atoms with Crippen LogP contribution < -0.4 is 16.0 Å². The van der Waals surface area contributed by atoms with Gasteiger partial charge >= 0.3 is 5.76 Å². The molecule has 0 saturated heterocycles. The summed E-state index contributed by atoms with van der Waals surface area (Å²) in [7, 11) is -4.89. The molecule has 0 unspecified atom stereocenters. The van der Waals surface area contributed by atoms with Crippen LogP contribution in [0.1, 0.15) is 15.9 Å². The highest BCUT2D eigenvalue weighted by Gasteiger charge is 2.30. The Bertz CT molecular complexity index is 1170. The third-order valence-corrected chi connectivity index (χ3v) is 5.66. The fourth-order valence-corrected chi connectivity index (χ4v) is 3.55. The van der Waals surface area contributed by atoms with E-state index >= 15 is 0 Å². The third-order valence-electron chi connectivity index (χ3n) is 4.22. The van der Waals surface area contributed by atoms with Gasteiger partial charge in [0.15, 0.2) is 5.82 Å². The Hall–Kier alpha value is -3.67. The minimum absolute atomic E-state index is 0.0941. The van der Waals surface area contributed by atoms with Crippen molar-refractivity contribution in [2.45, 2.75) is 17.6 Å². The topological polar surface area (TPSA) is 126 Å². The molecule has 2 aromatic heterocycles. The van der Waals surface area contributed by atoms with Crippen LogP contribution in [0.2, 0.25) is 0 Å². The van der Waals surface area contributed by atoms with Crippen LogP contribution in [0.5, 0.6) is 0 Å². The van der Waals surface area contributed by atoms with E-state index in [4.69, 9.17) is 0 Å². The number of pyridine rings is 1. The molecule has 1 aromatic carbocycles. The van der Waals surface area contributed by atoms with Crippen molar-refractivity contribution in [3.63, 3.8) is 0 Å². The Morgan fingerprint density at radius 3 is 2.31 bits per heavy atom. The zero-order valence-electron chi connectivity index (χ0n) is 16.9. The molecule has 168 valence electrons. The van der Waals surface area contributed by atoms with E-state index in [9.17, 15) is 22.0 Å². The minimum atomic E-state index is -4.89. The van der Waals surface area contributed by atoms with Gasteiger partial charge in [0.1, 0.15) is 11.6 Å². The summed E-state index contributed by atoms with van der Waals surface area (Å²) in [6.07, 6.45) is 1.72. The van der Waals surface area contributed by atoms with Crippen LogP contribution >= 0.6 is 0 Å². The van der Waals surface area contributed by atoms with Crippen LogP contribution in [0.15, 0.2) is 59.6 Å². The summed E-state index contributed by atoms with van der Waals surface area (Å²) in [5, 5.41) is 16.5. The van der Waals surface area contributed by atoms with Gasteiger partial charge in [-0.2, -0.15) is 8.78 Å².